The summed E-state index contributed by atoms with van der Waals surface area (Å²) >= 11 is 0. The molecule has 170 valence electrons. The van der Waals surface area contributed by atoms with Crippen LogP contribution in [0.1, 0.15) is 35.8 Å². The van der Waals surface area contributed by atoms with Crippen LogP contribution < -0.4 is 15.5 Å². The standard InChI is InChI=1S/C26H27N3O4/c1-19(21-9-5-3-6-10-21)28-24(30)18-33-23-15-13-20(14-16-23)17-27-29-26(31)25(32-2)22-11-7-4-8-12-22/h3-17,19,25H,18H2,1-2H3,(H,28,30)(H,29,31)/b27-17-/t19-,25-/m0/s1. The van der Waals surface area contributed by atoms with Crippen LogP contribution in [0.3, 0.4) is 0 Å². The van der Waals surface area contributed by atoms with Crippen LogP contribution in [0.2, 0.25) is 0 Å². The molecular weight excluding hydrogens is 418 g/mol. The molecular formula is C26H27N3O4. The van der Waals surface area contributed by atoms with Crippen LogP contribution in [-0.2, 0) is 14.3 Å². The monoisotopic (exact) mass is 445 g/mol. The Balaban J connectivity index is 1.45. The lowest BCUT2D eigenvalue weighted by Gasteiger charge is -2.14. The highest BCUT2D eigenvalue weighted by Crippen LogP contribution is 2.16. The lowest BCUT2D eigenvalue weighted by atomic mass is 10.1. The Morgan fingerprint density at radius 1 is 0.909 bits per heavy atom. The van der Waals surface area contributed by atoms with Gasteiger partial charge in [0.15, 0.2) is 12.7 Å². The van der Waals surface area contributed by atoms with Crippen molar-refractivity contribution in [1.82, 2.24) is 10.7 Å². The van der Waals surface area contributed by atoms with Gasteiger partial charge >= 0.3 is 0 Å². The number of hydrogen-bond acceptors (Lipinski definition) is 5. The summed E-state index contributed by atoms with van der Waals surface area (Å²) in [7, 11) is 1.47. The van der Waals surface area contributed by atoms with Gasteiger partial charge in [-0.1, -0.05) is 60.7 Å². The Hall–Kier alpha value is -3.97. The van der Waals surface area contributed by atoms with E-state index < -0.39 is 6.10 Å². The van der Waals surface area contributed by atoms with Crippen LogP contribution in [0, 0.1) is 0 Å². The summed E-state index contributed by atoms with van der Waals surface area (Å²) in [5, 5.41) is 6.90. The minimum absolute atomic E-state index is 0.0848. The molecule has 7 heteroatoms. The Morgan fingerprint density at radius 2 is 1.52 bits per heavy atom. The second-order valence-corrected chi connectivity index (χ2v) is 7.32. The number of hydrazone groups is 1. The molecule has 3 aromatic carbocycles. The van der Waals surface area contributed by atoms with E-state index >= 15 is 0 Å². The van der Waals surface area contributed by atoms with Gasteiger partial charge in [-0.3, -0.25) is 9.59 Å². The molecule has 0 bridgehead atoms. The predicted molar refractivity (Wildman–Crippen MR) is 127 cm³/mol. The highest BCUT2D eigenvalue weighted by molar-refractivity contribution is 5.85. The number of methoxy groups -OCH3 is 1. The Morgan fingerprint density at radius 3 is 2.12 bits per heavy atom. The molecule has 3 aromatic rings. The van der Waals surface area contributed by atoms with Gasteiger partial charge in [-0.25, -0.2) is 5.43 Å². The van der Waals surface area contributed by atoms with Crippen molar-refractivity contribution in [3.63, 3.8) is 0 Å². The number of benzene rings is 3. The topological polar surface area (TPSA) is 89.0 Å². The molecule has 2 atom stereocenters. The first-order chi connectivity index (χ1) is 16.1. The molecule has 0 saturated heterocycles. The molecule has 0 aromatic heterocycles. The van der Waals surface area contributed by atoms with E-state index in [4.69, 9.17) is 9.47 Å². The molecule has 0 aliphatic carbocycles. The van der Waals surface area contributed by atoms with Crippen molar-refractivity contribution >= 4 is 18.0 Å². The molecule has 2 N–H and O–H groups in total. The molecule has 0 aliphatic heterocycles. The summed E-state index contributed by atoms with van der Waals surface area (Å²) in [5.74, 6) is -0.0105. The van der Waals surface area contributed by atoms with Crippen LogP contribution in [-0.4, -0.2) is 31.7 Å². The van der Waals surface area contributed by atoms with Gasteiger partial charge in [0.2, 0.25) is 0 Å². The third-order valence-electron chi connectivity index (χ3n) is 4.89. The van der Waals surface area contributed by atoms with Crippen molar-refractivity contribution in [3.8, 4) is 5.75 Å². The van der Waals surface area contributed by atoms with Crippen LogP contribution in [0.25, 0.3) is 0 Å². The average Bonchev–Trinajstić information content (AvgIpc) is 2.85. The fourth-order valence-corrected chi connectivity index (χ4v) is 3.16. The van der Waals surface area contributed by atoms with Crippen molar-refractivity contribution in [1.29, 1.82) is 0 Å². The lowest BCUT2D eigenvalue weighted by Crippen LogP contribution is -2.31. The highest BCUT2D eigenvalue weighted by atomic mass is 16.5. The van der Waals surface area contributed by atoms with Gasteiger partial charge in [0, 0.05) is 7.11 Å². The third kappa shape index (κ3) is 7.29. The minimum Gasteiger partial charge on any atom is -0.484 e. The molecule has 0 radical (unpaired) electrons. The number of carbonyl (C=O) groups excluding carboxylic acids is 2. The predicted octanol–water partition coefficient (Wildman–Crippen LogP) is 3.78. The van der Waals surface area contributed by atoms with E-state index in [2.05, 4.69) is 15.8 Å². The van der Waals surface area contributed by atoms with Gasteiger partial charge in [-0.2, -0.15) is 5.10 Å². The second-order valence-electron chi connectivity index (χ2n) is 7.32. The first kappa shape index (κ1) is 23.7. The van der Waals surface area contributed by atoms with E-state index in [1.54, 1.807) is 24.3 Å². The van der Waals surface area contributed by atoms with Crippen molar-refractivity contribution in [3.05, 3.63) is 102 Å². The molecule has 0 fully saturated rings. The van der Waals surface area contributed by atoms with Crippen molar-refractivity contribution < 1.29 is 19.1 Å². The van der Waals surface area contributed by atoms with E-state index in [1.165, 1.54) is 13.3 Å². The summed E-state index contributed by atoms with van der Waals surface area (Å²) in [6, 6.07) is 25.9. The first-order valence-corrected chi connectivity index (χ1v) is 10.5. The third-order valence-corrected chi connectivity index (χ3v) is 4.89. The number of ether oxygens (including phenoxy) is 2. The summed E-state index contributed by atoms with van der Waals surface area (Å²) in [6.45, 7) is 1.84. The zero-order chi connectivity index (χ0) is 23.5. The zero-order valence-corrected chi connectivity index (χ0v) is 18.6. The van der Waals surface area contributed by atoms with E-state index in [0.29, 0.717) is 5.75 Å². The molecule has 0 heterocycles. The number of amides is 2. The highest BCUT2D eigenvalue weighted by Gasteiger charge is 2.19. The number of rotatable bonds is 10. The average molecular weight is 446 g/mol. The molecule has 33 heavy (non-hydrogen) atoms. The van der Waals surface area contributed by atoms with Crippen molar-refractivity contribution in [2.45, 2.75) is 19.1 Å². The minimum atomic E-state index is -0.741. The van der Waals surface area contributed by atoms with Crippen LogP contribution >= 0.6 is 0 Å². The Bertz CT molecular complexity index is 1050. The van der Waals surface area contributed by atoms with Gasteiger partial charge in [0.25, 0.3) is 11.8 Å². The number of carbonyl (C=O) groups is 2. The van der Waals surface area contributed by atoms with Gasteiger partial charge in [-0.05, 0) is 47.9 Å². The molecule has 7 nitrogen and oxygen atoms in total. The first-order valence-electron chi connectivity index (χ1n) is 10.5. The van der Waals surface area contributed by atoms with Gasteiger partial charge < -0.3 is 14.8 Å². The van der Waals surface area contributed by atoms with E-state index in [9.17, 15) is 9.59 Å². The second kappa shape index (κ2) is 12.2. The molecule has 0 saturated carbocycles. The van der Waals surface area contributed by atoms with Gasteiger partial charge in [0.1, 0.15) is 5.75 Å². The summed E-state index contributed by atoms with van der Waals surface area (Å²) in [5.41, 5.74) is 5.03. The lowest BCUT2D eigenvalue weighted by molar-refractivity contribution is -0.131. The SMILES string of the molecule is CO[C@H](C(=O)N/N=C\c1ccc(OCC(=O)N[C@@H](C)c2ccccc2)cc1)c1ccccc1. The van der Waals surface area contributed by atoms with E-state index in [-0.39, 0.29) is 24.5 Å². The van der Waals surface area contributed by atoms with Gasteiger partial charge in [-0.15, -0.1) is 0 Å². The van der Waals surface area contributed by atoms with Gasteiger partial charge in [0.05, 0.1) is 12.3 Å². The maximum atomic E-state index is 12.3. The quantitative estimate of drug-likeness (QED) is 0.367. The molecule has 0 spiro atoms. The maximum absolute atomic E-state index is 12.3. The molecule has 3 rings (SSSR count). The molecule has 2 amide bonds. The Kier molecular flexibility index (Phi) is 8.73. The fraction of sp³-hybridized carbons (Fsp3) is 0.192. The molecule has 0 aliphatic rings. The molecule has 0 unspecified atom stereocenters. The zero-order valence-electron chi connectivity index (χ0n) is 18.6. The Labute approximate surface area is 193 Å². The van der Waals surface area contributed by atoms with Crippen LogP contribution in [0.5, 0.6) is 5.75 Å². The van der Waals surface area contributed by atoms with E-state index in [1.807, 2.05) is 67.6 Å². The summed E-state index contributed by atoms with van der Waals surface area (Å²) in [4.78, 5) is 24.5. The van der Waals surface area contributed by atoms with Crippen LogP contribution in [0.15, 0.2) is 90.0 Å². The van der Waals surface area contributed by atoms with Crippen LogP contribution in [0.4, 0.5) is 0 Å². The fourth-order valence-electron chi connectivity index (χ4n) is 3.16. The summed E-state index contributed by atoms with van der Waals surface area (Å²) in [6.07, 6.45) is 0.781. The number of hydrogen-bond donors (Lipinski definition) is 2. The smallest absolute Gasteiger partial charge is 0.273 e. The summed E-state index contributed by atoms with van der Waals surface area (Å²) < 4.78 is 10.8. The number of nitrogens with one attached hydrogen (secondary N) is 2. The van der Waals surface area contributed by atoms with Crippen molar-refractivity contribution in [2.24, 2.45) is 5.10 Å². The maximum Gasteiger partial charge on any atom is 0.273 e. The van der Waals surface area contributed by atoms with Crippen molar-refractivity contribution in [2.75, 3.05) is 13.7 Å². The number of nitrogens with zero attached hydrogens (tertiary/aromatic N) is 1. The normalized spacial score (nSPS) is 12.7. The largest absolute Gasteiger partial charge is 0.484 e. The van der Waals surface area contributed by atoms with E-state index in [0.717, 1.165) is 16.7 Å².